The highest BCUT2D eigenvalue weighted by molar-refractivity contribution is 9.10. The summed E-state index contributed by atoms with van der Waals surface area (Å²) in [4.78, 5) is 15.4. The summed E-state index contributed by atoms with van der Waals surface area (Å²) in [5.41, 5.74) is 2.37. The molecule has 1 N–H and O–H groups in total. The molecule has 110 valence electrons. The van der Waals surface area contributed by atoms with Crippen LogP contribution in [-0.2, 0) is 0 Å². The number of aryl methyl sites for hydroxylation is 1. The van der Waals surface area contributed by atoms with E-state index in [1.54, 1.807) is 19.0 Å². The molecule has 0 bridgehead atoms. The highest BCUT2D eigenvalue weighted by Gasteiger charge is 2.23. The molecule has 1 aliphatic heterocycles. The Balaban J connectivity index is 1.92. The molecule has 1 aromatic rings. The lowest BCUT2D eigenvalue weighted by atomic mass is 10.0. The molecule has 1 aliphatic rings. The number of carbonyl (C=O) groups excluding carboxylic acids is 1. The Kier molecular flexibility index (Phi) is 4.91. The zero-order chi connectivity index (χ0) is 14.7. The van der Waals surface area contributed by atoms with E-state index >= 15 is 0 Å². The SMILES string of the molecule is Cc1cccc(NC2CCN(C(=O)N(C)C)CC2)c1Br. The molecule has 5 heteroatoms. The van der Waals surface area contributed by atoms with Crippen LogP contribution in [0, 0.1) is 6.92 Å². The van der Waals surface area contributed by atoms with Gasteiger partial charge in [-0.15, -0.1) is 0 Å². The zero-order valence-electron chi connectivity index (χ0n) is 12.3. The van der Waals surface area contributed by atoms with Crippen molar-refractivity contribution in [3.05, 3.63) is 28.2 Å². The minimum Gasteiger partial charge on any atom is -0.381 e. The second-order valence-corrected chi connectivity index (χ2v) is 6.31. The molecule has 0 atom stereocenters. The van der Waals surface area contributed by atoms with Crippen molar-refractivity contribution in [3.63, 3.8) is 0 Å². The molecular weight excluding hydrogens is 318 g/mol. The predicted molar refractivity (Wildman–Crippen MR) is 86.2 cm³/mol. The number of halogens is 1. The molecule has 0 aromatic heterocycles. The van der Waals surface area contributed by atoms with Gasteiger partial charge in [0.1, 0.15) is 0 Å². The topological polar surface area (TPSA) is 35.6 Å². The summed E-state index contributed by atoms with van der Waals surface area (Å²) in [6.07, 6.45) is 1.97. The first-order valence-electron chi connectivity index (χ1n) is 6.97. The highest BCUT2D eigenvalue weighted by Crippen LogP contribution is 2.27. The van der Waals surface area contributed by atoms with Crippen LogP contribution in [-0.4, -0.2) is 49.1 Å². The van der Waals surface area contributed by atoms with Crippen LogP contribution in [0.3, 0.4) is 0 Å². The third-order valence-corrected chi connectivity index (χ3v) is 4.75. The number of nitrogens with zero attached hydrogens (tertiary/aromatic N) is 2. The predicted octanol–water partition coefficient (Wildman–Crippen LogP) is 3.32. The number of urea groups is 1. The van der Waals surface area contributed by atoms with Gasteiger partial charge in [0.15, 0.2) is 0 Å². The monoisotopic (exact) mass is 339 g/mol. The Morgan fingerprint density at radius 2 is 2.00 bits per heavy atom. The quantitative estimate of drug-likeness (QED) is 0.897. The Bertz CT molecular complexity index is 482. The van der Waals surface area contributed by atoms with Crippen LogP contribution >= 0.6 is 15.9 Å². The Hall–Kier alpha value is -1.23. The molecule has 4 nitrogen and oxygen atoms in total. The van der Waals surface area contributed by atoms with E-state index in [9.17, 15) is 4.79 Å². The molecule has 0 spiro atoms. The molecule has 20 heavy (non-hydrogen) atoms. The summed E-state index contributed by atoms with van der Waals surface area (Å²) >= 11 is 3.63. The van der Waals surface area contributed by atoms with E-state index in [4.69, 9.17) is 0 Å². The van der Waals surface area contributed by atoms with E-state index < -0.39 is 0 Å². The summed E-state index contributed by atoms with van der Waals surface area (Å²) < 4.78 is 1.13. The number of benzene rings is 1. The molecule has 0 radical (unpaired) electrons. The maximum atomic E-state index is 11.9. The molecule has 0 aliphatic carbocycles. The van der Waals surface area contributed by atoms with E-state index in [-0.39, 0.29) is 6.03 Å². The largest absolute Gasteiger partial charge is 0.381 e. The second-order valence-electron chi connectivity index (χ2n) is 5.52. The van der Waals surface area contributed by atoms with Gasteiger partial charge in [-0.05, 0) is 47.3 Å². The molecule has 0 unspecified atom stereocenters. The van der Waals surface area contributed by atoms with Gasteiger partial charge in [0.25, 0.3) is 0 Å². The lowest BCUT2D eigenvalue weighted by Gasteiger charge is -2.34. The van der Waals surface area contributed by atoms with E-state index in [2.05, 4.69) is 46.4 Å². The molecule has 2 rings (SSSR count). The second kappa shape index (κ2) is 6.48. The van der Waals surface area contributed by atoms with Crippen LogP contribution in [0.25, 0.3) is 0 Å². The minimum atomic E-state index is 0.111. The lowest BCUT2D eigenvalue weighted by molar-refractivity contribution is 0.158. The van der Waals surface area contributed by atoms with Crippen LogP contribution in [0.1, 0.15) is 18.4 Å². The Morgan fingerprint density at radius 1 is 1.35 bits per heavy atom. The standard InChI is InChI=1S/C15H22BrN3O/c1-11-5-4-6-13(14(11)16)17-12-7-9-19(10-8-12)15(20)18(2)3/h4-6,12,17H,7-10H2,1-3H3. The van der Waals surface area contributed by atoms with E-state index in [1.807, 2.05) is 4.90 Å². The zero-order valence-corrected chi connectivity index (χ0v) is 13.9. The normalized spacial score (nSPS) is 16.1. The number of piperidine rings is 1. The number of hydrogen-bond acceptors (Lipinski definition) is 2. The van der Waals surface area contributed by atoms with Crippen molar-refractivity contribution in [2.45, 2.75) is 25.8 Å². The summed E-state index contributed by atoms with van der Waals surface area (Å²) in [5.74, 6) is 0. The van der Waals surface area contributed by atoms with Gasteiger partial charge in [0.2, 0.25) is 0 Å². The van der Waals surface area contributed by atoms with Crippen LogP contribution in [0.2, 0.25) is 0 Å². The minimum absolute atomic E-state index is 0.111. The van der Waals surface area contributed by atoms with Gasteiger partial charge in [-0.2, -0.15) is 0 Å². The summed E-state index contributed by atoms with van der Waals surface area (Å²) in [7, 11) is 3.60. The molecule has 1 saturated heterocycles. The van der Waals surface area contributed by atoms with Crippen LogP contribution < -0.4 is 5.32 Å². The van der Waals surface area contributed by atoms with Crippen molar-refractivity contribution in [1.82, 2.24) is 9.80 Å². The van der Waals surface area contributed by atoms with E-state index in [0.29, 0.717) is 6.04 Å². The number of likely N-dealkylation sites (tertiary alicyclic amines) is 1. The molecular formula is C15H22BrN3O. The summed E-state index contributed by atoms with van der Waals surface area (Å²) in [6.45, 7) is 3.73. The Labute approximate surface area is 129 Å². The fourth-order valence-electron chi connectivity index (χ4n) is 2.48. The third kappa shape index (κ3) is 3.45. The van der Waals surface area contributed by atoms with Crippen molar-refractivity contribution >= 4 is 27.6 Å². The van der Waals surface area contributed by atoms with Crippen molar-refractivity contribution in [1.29, 1.82) is 0 Å². The fraction of sp³-hybridized carbons (Fsp3) is 0.533. The van der Waals surface area contributed by atoms with Crippen LogP contribution in [0.15, 0.2) is 22.7 Å². The van der Waals surface area contributed by atoms with Crippen molar-refractivity contribution in [2.24, 2.45) is 0 Å². The molecule has 1 heterocycles. The number of carbonyl (C=O) groups is 1. The maximum Gasteiger partial charge on any atom is 0.319 e. The number of hydrogen-bond donors (Lipinski definition) is 1. The first-order valence-corrected chi connectivity index (χ1v) is 7.76. The summed E-state index contributed by atoms with van der Waals surface area (Å²) in [6, 6.07) is 6.79. The highest BCUT2D eigenvalue weighted by atomic mass is 79.9. The smallest absolute Gasteiger partial charge is 0.319 e. The van der Waals surface area contributed by atoms with Gasteiger partial charge in [-0.25, -0.2) is 4.79 Å². The van der Waals surface area contributed by atoms with Gasteiger partial charge in [-0.1, -0.05) is 12.1 Å². The van der Waals surface area contributed by atoms with Crippen molar-refractivity contribution in [2.75, 3.05) is 32.5 Å². The summed E-state index contributed by atoms with van der Waals surface area (Å²) in [5, 5.41) is 3.58. The van der Waals surface area contributed by atoms with E-state index in [0.717, 1.165) is 36.1 Å². The number of amides is 2. The van der Waals surface area contributed by atoms with Crippen molar-refractivity contribution < 1.29 is 4.79 Å². The van der Waals surface area contributed by atoms with Gasteiger partial charge in [-0.3, -0.25) is 0 Å². The first-order chi connectivity index (χ1) is 9.49. The first kappa shape index (κ1) is 15.2. The molecule has 1 aromatic carbocycles. The van der Waals surface area contributed by atoms with Crippen LogP contribution in [0.4, 0.5) is 10.5 Å². The number of rotatable bonds is 2. The fourth-order valence-corrected chi connectivity index (χ4v) is 2.86. The average Bonchev–Trinajstić information content (AvgIpc) is 2.44. The van der Waals surface area contributed by atoms with Gasteiger partial charge in [0.05, 0.1) is 0 Å². The number of anilines is 1. The van der Waals surface area contributed by atoms with Crippen LogP contribution in [0.5, 0.6) is 0 Å². The maximum absolute atomic E-state index is 11.9. The average molecular weight is 340 g/mol. The van der Waals surface area contributed by atoms with Gasteiger partial charge in [0, 0.05) is 43.4 Å². The molecule has 0 saturated carbocycles. The van der Waals surface area contributed by atoms with Gasteiger partial charge >= 0.3 is 6.03 Å². The van der Waals surface area contributed by atoms with E-state index in [1.165, 1.54) is 5.56 Å². The third-order valence-electron chi connectivity index (χ3n) is 3.70. The lowest BCUT2D eigenvalue weighted by Crippen LogP contribution is -2.46. The number of nitrogens with one attached hydrogen (secondary N) is 1. The van der Waals surface area contributed by atoms with Crippen molar-refractivity contribution in [3.8, 4) is 0 Å². The Morgan fingerprint density at radius 3 is 2.60 bits per heavy atom. The molecule has 1 fully saturated rings. The molecule has 2 amide bonds. The van der Waals surface area contributed by atoms with Gasteiger partial charge < -0.3 is 15.1 Å².